The van der Waals surface area contributed by atoms with Gasteiger partial charge in [0.2, 0.25) is 6.41 Å². The van der Waals surface area contributed by atoms with Crippen LogP contribution in [-0.4, -0.2) is 34.9 Å². The number of hydrogen-bond donors (Lipinski definition) is 1. The Kier molecular flexibility index (Phi) is 6.08. The van der Waals surface area contributed by atoms with Crippen LogP contribution in [0.2, 0.25) is 0 Å². The standard InChI is InChI=1S/C20H27N3OS/c1-15(2)23(14-24)18-10-8-16(9-11-18)12-21-20-22-19(13-25-20)17-6-4-3-5-7-17/h3-7,13-16,18H,8-12H2,1-2H3,(H,21,22). The van der Waals surface area contributed by atoms with Gasteiger partial charge in [-0.15, -0.1) is 11.3 Å². The van der Waals surface area contributed by atoms with Crippen LogP contribution in [0.15, 0.2) is 35.7 Å². The third kappa shape index (κ3) is 4.60. The van der Waals surface area contributed by atoms with Crippen molar-refractivity contribution >= 4 is 22.9 Å². The fourth-order valence-corrected chi connectivity index (χ4v) is 4.33. The van der Waals surface area contributed by atoms with Gasteiger partial charge in [0.15, 0.2) is 5.13 Å². The Morgan fingerprint density at radius 3 is 2.60 bits per heavy atom. The maximum Gasteiger partial charge on any atom is 0.210 e. The van der Waals surface area contributed by atoms with E-state index in [1.807, 2.05) is 23.1 Å². The number of hydrogen-bond acceptors (Lipinski definition) is 4. The summed E-state index contributed by atoms with van der Waals surface area (Å²) in [5.74, 6) is 0.668. The first-order valence-electron chi connectivity index (χ1n) is 9.15. The minimum atomic E-state index is 0.295. The van der Waals surface area contributed by atoms with Gasteiger partial charge in [0, 0.05) is 29.6 Å². The minimum Gasteiger partial charge on any atom is -0.361 e. The molecule has 0 atom stereocenters. The molecule has 1 aliphatic rings. The Bertz CT molecular complexity index is 663. The number of carbonyl (C=O) groups is 1. The molecule has 2 aromatic rings. The number of thiazole rings is 1. The zero-order valence-corrected chi connectivity index (χ0v) is 15.8. The van der Waals surface area contributed by atoms with Crippen molar-refractivity contribution in [3.05, 3.63) is 35.7 Å². The van der Waals surface area contributed by atoms with E-state index >= 15 is 0 Å². The van der Waals surface area contributed by atoms with Crippen molar-refractivity contribution in [2.45, 2.75) is 51.6 Å². The highest BCUT2D eigenvalue weighted by Crippen LogP contribution is 2.29. The predicted molar refractivity (Wildman–Crippen MR) is 105 cm³/mol. The normalized spacial score (nSPS) is 20.4. The third-order valence-corrected chi connectivity index (χ3v) is 5.87. The van der Waals surface area contributed by atoms with E-state index in [2.05, 4.69) is 36.7 Å². The molecule has 0 spiro atoms. The molecule has 1 amide bonds. The van der Waals surface area contributed by atoms with E-state index in [-0.39, 0.29) is 0 Å². The lowest BCUT2D eigenvalue weighted by Crippen LogP contribution is -2.42. The Labute approximate surface area is 154 Å². The zero-order chi connectivity index (χ0) is 17.6. The number of nitrogens with zero attached hydrogens (tertiary/aromatic N) is 2. The van der Waals surface area contributed by atoms with Gasteiger partial charge in [-0.05, 0) is 45.4 Å². The molecule has 3 rings (SSSR count). The first-order valence-corrected chi connectivity index (χ1v) is 10.0. The molecular weight excluding hydrogens is 330 g/mol. The molecule has 25 heavy (non-hydrogen) atoms. The Morgan fingerprint density at radius 1 is 1.24 bits per heavy atom. The van der Waals surface area contributed by atoms with Gasteiger partial charge in [-0.25, -0.2) is 4.98 Å². The number of carbonyl (C=O) groups excluding carboxylic acids is 1. The van der Waals surface area contributed by atoms with E-state index < -0.39 is 0 Å². The van der Waals surface area contributed by atoms with Crippen LogP contribution in [-0.2, 0) is 4.79 Å². The number of benzene rings is 1. The molecule has 0 radical (unpaired) electrons. The number of rotatable bonds is 7. The number of amides is 1. The zero-order valence-electron chi connectivity index (χ0n) is 15.0. The monoisotopic (exact) mass is 357 g/mol. The summed E-state index contributed by atoms with van der Waals surface area (Å²) in [5, 5.41) is 6.62. The van der Waals surface area contributed by atoms with Crippen molar-refractivity contribution < 1.29 is 4.79 Å². The van der Waals surface area contributed by atoms with Crippen LogP contribution in [0, 0.1) is 5.92 Å². The highest BCUT2D eigenvalue weighted by Gasteiger charge is 2.26. The highest BCUT2D eigenvalue weighted by molar-refractivity contribution is 7.14. The number of aromatic nitrogens is 1. The van der Waals surface area contributed by atoms with Crippen molar-refractivity contribution in [2.75, 3.05) is 11.9 Å². The molecule has 1 heterocycles. The summed E-state index contributed by atoms with van der Waals surface area (Å²) < 4.78 is 0. The van der Waals surface area contributed by atoms with E-state index in [1.165, 1.54) is 12.8 Å². The largest absolute Gasteiger partial charge is 0.361 e. The third-order valence-electron chi connectivity index (χ3n) is 5.07. The molecular formula is C20H27N3OS. The topological polar surface area (TPSA) is 45.2 Å². The van der Waals surface area contributed by atoms with E-state index in [9.17, 15) is 4.79 Å². The second kappa shape index (κ2) is 8.48. The molecule has 1 aromatic carbocycles. The number of anilines is 1. The highest BCUT2D eigenvalue weighted by atomic mass is 32.1. The van der Waals surface area contributed by atoms with Gasteiger partial charge in [0.05, 0.1) is 5.69 Å². The molecule has 1 saturated carbocycles. The molecule has 1 aromatic heterocycles. The average Bonchev–Trinajstić information content (AvgIpc) is 3.11. The van der Waals surface area contributed by atoms with Crippen LogP contribution >= 0.6 is 11.3 Å². The van der Waals surface area contributed by atoms with E-state index in [0.717, 1.165) is 42.2 Å². The van der Waals surface area contributed by atoms with Gasteiger partial charge < -0.3 is 10.2 Å². The predicted octanol–water partition coefficient (Wildman–Crippen LogP) is 4.65. The first kappa shape index (κ1) is 17.9. The molecule has 1 aliphatic carbocycles. The summed E-state index contributed by atoms with van der Waals surface area (Å²) in [6.07, 6.45) is 5.58. The van der Waals surface area contributed by atoms with Gasteiger partial charge in [0.25, 0.3) is 0 Å². The van der Waals surface area contributed by atoms with Crippen LogP contribution < -0.4 is 5.32 Å². The average molecular weight is 358 g/mol. The molecule has 0 saturated heterocycles. The molecule has 0 bridgehead atoms. The van der Waals surface area contributed by atoms with Crippen molar-refractivity contribution in [1.29, 1.82) is 0 Å². The molecule has 134 valence electrons. The molecule has 1 fully saturated rings. The van der Waals surface area contributed by atoms with Crippen molar-refractivity contribution in [2.24, 2.45) is 5.92 Å². The SMILES string of the molecule is CC(C)N(C=O)C1CCC(CNc2nc(-c3ccccc3)cs2)CC1. The Morgan fingerprint density at radius 2 is 1.96 bits per heavy atom. The fourth-order valence-electron chi connectivity index (χ4n) is 3.60. The van der Waals surface area contributed by atoms with Crippen LogP contribution in [0.25, 0.3) is 11.3 Å². The summed E-state index contributed by atoms with van der Waals surface area (Å²) >= 11 is 1.67. The maximum atomic E-state index is 11.3. The van der Waals surface area contributed by atoms with E-state index in [0.29, 0.717) is 18.0 Å². The van der Waals surface area contributed by atoms with Crippen LogP contribution in [0.4, 0.5) is 5.13 Å². The lowest BCUT2D eigenvalue weighted by Gasteiger charge is -2.37. The molecule has 4 nitrogen and oxygen atoms in total. The van der Waals surface area contributed by atoms with Gasteiger partial charge in [0.1, 0.15) is 0 Å². The second-order valence-corrected chi connectivity index (χ2v) is 7.96. The van der Waals surface area contributed by atoms with Gasteiger partial charge in [-0.3, -0.25) is 4.79 Å². The summed E-state index contributed by atoms with van der Waals surface area (Å²) in [5.41, 5.74) is 2.20. The quantitative estimate of drug-likeness (QED) is 0.734. The smallest absolute Gasteiger partial charge is 0.210 e. The summed E-state index contributed by atoms with van der Waals surface area (Å²) in [6, 6.07) is 11.0. The molecule has 5 heteroatoms. The van der Waals surface area contributed by atoms with E-state index in [4.69, 9.17) is 4.98 Å². The van der Waals surface area contributed by atoms with Crippen LogP contribution in [0.5, 0.6) is 0 Å². The molecule has 1 N–H and O–H groups in total. The Balaban J connectivity index is 1.48. The van der Waals surface area contributed by atoms with Crippen molar-refractivity contribution in [3.8, 4) is 11.3 Å². The lowest BCUT2D eigenvalue weighted by atomic mass is 9.85. The second-order valence-electron chi connectivity index (χ2n) is 7.11. The summed E-state index contributed by atoms with van der Waals surface area (Å²) in [4.78, 5) is 17.9. The molecule has 0 aliphatic heterocycles. The maximum absolute atomic E-state index is 11.3. The van der Waals surface area contributed by atoms with Crippen molar-refractivity contribution in [3.63, 3.8) is 0 Å². The summed E-state index contributed by atoms with van der Waals surface area (Å²) in [6.45, 7) is 5.15. The van der Waals surface area contributed by atoms with E-state index in [1.54, 1.807) is 11.3 Å². The van der Waals surface area contributed by atoms with Crippen LogP contribution in [0.3, 0.4) is 0 Å². The number of nitrogens with one attached hydrogen (secondary N) is 1. The minimum absolute atomic E-state index is 0.295. The summed E-state index contributed by atoms with van der Waals surface area (Å²) in [7, 11) is 0. The van der Waals surface area contributed by atoms with Crippen molar-refractivity contribution in [1.82, 2.24) is 9.88 Å². The first-order chi connectivity index (χ1) is 12.2. The molecule has 0 unspecified atom stereocenters. The van der Waals surface area contributed by atoms with Gasteiger partial charge >= 0.3 is 0 Å². The van der Waals surface area contributed by atoms with Gasteiger partial charge in [-0.2, -0.15) is 0 Å². The lowest BCUT2D eigenvalue weighted by molar-refractivity contribution is -0.122. The Hall–Kier alpha value is -1.88. The fraction of sp³-hybridized carbons (Fsp3) is 0.500. The van der Waals surface area contributed by atoms with Gasteiger partial charge in [-0.1, -0.05) is 30.3 Å². The van der Waals surface area contributed by atoms with Crippen LogP contribution in [0.1, 0.15) is 39.5 Å².